The van der Waals surface area contributed by atoms with Crippen molar-refractivity contribution in [3.05, 3.63) is 48.8 Å². The van der Waals surface area contributed by atoms with E-state index in [0.717, 1.165) is 0 Å². The Morgan fingerprint density at radius 2 is 1.82 bits per heavy atom. The first-order valence-corrected chi connectivity index (χ1v) is 11.8. The largest absolute Gasteiger partial charge is 0.495 e. The number of sulfonamides is 2. The molecule has 1 aromatic carbocycles. The van der Waals surface area contributed by atoms with E-state index in [1.807, 2.05) is 0 Å². The van der Waals surface area contributed by atoms with Gasteiger partial charge >= 0.3 is 0 Å². The SMILES string of the molecule is COc1ccccc1S(=O)(=O)NCC1CCN(S(=O)(=O)c2cccnc2)CC1. The zero-order valence-corrected chi connectivity index (χ0v) is 17.1. The number of para-hydroxylation sites is 1. The highest BCUT2D eigenvalue weighted by Gasteiger charge is 2.30. The third-order valence-electron chi connectivity index (χ3n) is 4.77. The molecule has 8 nitrogen and oxygen atoms in total. The molecule has 1 saturated heterocycles. The van der Waals surface area contributed by atoms with Crippen LogP contribution in [0, 0.1) is 5.92 Å². The number of hydrogen-bond acceptors (Lipinski definition) is 6. The first kappa shape index (κ1) is 20.7. The van der Waals surface area contributed by atoms with Gasteiger partial charge in [-0.3, -0.25) is 4.98 Å². The Morgan fingerprint density at radius 1 is 1.11 bits per heavy atom. The number of hydrogen-bond donors (Lipinski definition) is 1. The lowest BCUT2D eigenvalue weighted by Crippen LogP contribution is -2.41. The number of ether oxygens (including phenoxy) is 1. The van der Waals surface area contributed by atoms with E-state index in [4.69, 9.17) is 4.74 Å². The molecule has 28 heavy (non-hydrogen) atoms. The van der Waals surface area contributed by atoms with Gasteiger partial charge in [0.25, 0.3) is 0 Å². The van der Waals surface area contributed by atoms with Gasteiger partial charge in [-0.05, 0) is 43.0 Å². The molecule has 1 aromatic heterocycles. The van der Waals surface area contributed by atoms with Crippen molar-refractivity contribution in [2.45, 2.75) is 22.6 Å². The minimum atomic E-state index is -3.70. The minimum Gasteiger partial charge on any atom is -0.495 e. The van der Waals surface area contributed by atoms with Crippen LogP contribution < -0.4 is 9.46 Å². The van der Waals surface area contributed by atoms with E-state index < -0.39 is 20.0 Å². The molecule has 0 saturated carbocycles. The highest BCUT2D eigenvalue weighted by Crippen LogP contribution is 2.25. The normalized spacial score (nSPS) is 16.8. The predicted molar refractivity (Wildman–Crippen MR) is 104 cm³/mol. The molecule has 1 aliphatic heterocycles. The summed E-state index contributed by atoms with van der Waals surface area (Å²) in [5.41, 5.74) is 0. The smallest absolute Gasteiger partial charge is 0.244 e. The molecule has 152 valence electrons. The van der Waals surface area contributed by atoms with Crippen LogP contribution in [0.3, 0.4) is 0 Å². The molecule has 1 fully saturated rings. The molecule has 1 N–H and O–H groups in total. The number of nitrogens with zero attached hydrogens (tertiary/aromatic N) is 2. The van der Waals surface area contributed by atoms with Crippen LogP contribution >= 0.6 is 0 Å². The van der Waals surface area contributed by atoms with Crippen molar-refractivity contribution in [3.8, 4) is 5.75 Å². The van der Waals surface area contributed by atoms with Crippen LogP contribution in [0.2, 0.25) is 0 Å². The average Bonchev–Trinajstić information content (AvgIpc) is 2.73. The number of benzene rings is 1. The highest BCUT2D eigenvalue weighted by molar-refractivity contribution is 7.89. The van der Waals surface area contributed by atoms with Crippen LogP contribution in [-0.2, 0) is 20.0 Å². The highest BCUT2D eigenvalue weighted by atomic mass is 32.2. The fourth-order valence-corrected chi connectivity index (χ4v) is 5.87. The molecule has 2 heterocycles. The van der Waals surface area contributed by atoms with Crippen LogP contribution in [0.25, 0.3) is 0 Å². The van der Waals surface area contributed by atoms with Crippen molar-refractivity contribution in [1.29, 1.82) is 0 Å². The van der Waals surface area contributed by atoms with Gasteiger partial charge in [-0.2, -0.15) is 4.31 Å². The van der Waals surface area contributed by atoms with E-state index in [-0.39, 0.29) is 28.0 Å². The van der Waals surface area contributed by atoms with E-state index in [2.05, 4.69) is 9.71 Å². The number of methoxy groups -OCH3 is 1. The Labute approximate surface area is 165 Å². The van der Waals surface area contributed by atoms with Crippen molar-refractivity contribution >= 4 is 20.0 Å². The van der Waals surface area contributed by atoms with Gasteiger partial charge in [0.15, 0.2) is 0 Å². The summed E-state index contributed by atoms with van der Waals surface area (Å²) in [6, 6.07) is 9.54. The van der Waals surface area contributed by atoms with Gasteiger partial charge in [-0.1, -0.05) is 12.1 Å². The molecular formula is C18H23N3O5S2. The monoisotopic (exact) mass is 425 g/mol. The van der Waals surface area contributed by atoms with Gasteiger partial charge in [-0.15, -0.1) is 0 Å². The molecule has 3 rings (SSSR count). The summed E-state index contributed by atoms with van der Waals surface area (Å²) < 4.78 is 59.5. The molecule has 0 radical (unpaired) electrons. The molecule has 0 unspecified atom stereocenters. The quantitative estimate of drug-likeness (QED) is 0.720. The lowest BCUT2D eigenvalue weighted by atomic mass is 9.99. The van der Waals surface area contributed by atoms with E-state index in [1.54, 1.807) is 24.3 Å². The van der Waals surface area contributed by atoms with Crippen LogP contribution in [0.5, 0.6) is 5.75 Å². The lowest BCUT2D eigenvalue weighted by molar-refractivity contribution is 0.274. The summed E-state index contributed by atoms with van der Waals surface area (Å²) in [5, 5.41) is 0. The van der Waals surface area contributed by atoms with Gasteiger partial charge in [0.1, 0.15) is 15.5 Å². The molecule has 0 atom stereocenters. The zero-order valence-electron chi connectivity index (χ0n) is 15.5. The summed E-state index contributed by atoms with van der Waals surface area (Å²) in [6.07, 6.45) is 4.02. The maximum atomic E-state index is 12.6. The van der Waals surface area contributed by atoms with E-state index >= 15 is 0 Å². The third kappa shape index (κ3) is 4.52. The molecular weight excluding hydrogens is 402 g/mol. The molecule has 0 aliphatic carbocycles. The van der Waals surface area contributed by atoms with Crippen LogP contribution in [-0.4, -0.2) is 52.9 Å². The minimum absolute atomic E-state index is 0.0600. The van der Waals surface area contributed by atoms with Crippen LogP contribution in [0.4, 0.5) is 0 Å². The molecule has 0 spiro atoms. The summed E-state index contributed by atoms with van der Waals surface area (Å²) in [4.78, 5) is 4.13. The van der Waals surface area contributed by atoms with Crippen molar-refractivity contribution < 1.29 is 21.6 Å². The molecule has 10 heteroatoms. The zero-order chi connectivity index (χ0) is 20.2. The van der Waals surface area contributed by atoms with Crippen molar-refractivity contribution in [3.63, 3.8) is 0 Å². The average molecular weight is 426 g/mol. The second-order valence-electron chi connectivity index (χ2n) is 6.54. The Balaban J connectivity index is 1.59. The second-order valence-corrected chi connectivity index (χ2v) is 10.2. The second kappa shape index (κ2) is 8.56. The fraction of sp³-hybridized carbons (Fsp3) is 0.389. The first-order chi connectivity index (χ1) is 13.3. The maximum absolute atomic E-state index is 12.6. The summed E-state index contributed by atoms with van der Waals surface area (Å²) in [5.74, 6) is 0.345. The number of aromatic nitrogens is 1. The van der Waals surface area contributed by atoms with E-state index in [9.17, 15) is 16.8 Å². The molecule has 2 aromatic rings. The van der Waals surface area contributed by atoms with Crippen molar-refractivity contribution in [2.24, 2.45) is 5.92 Å². The van der Waals surface area contributed by atoms with Gasteiger partial charge in [0, 0.05) is 32.0 Å². The summed E-state index contributed by atoms with van der Waals surface area (Å²) in [6.45, 7) is 0.942. The third-order valence-corrected chi connectivity index (χ3v) is 8.11. The maximum Gasteiger partial charge on any atom is 0.244 e. The fourth-order valence-electron chi connectivity index (χ4n) is 3.15. The number of pyridine rings is 1. The van der Waals surface area contributed by atoms with Crippen molar-refractivity contribution in [2.75, 3.05) is 26.7 Å². The number of piperidine rings is 1. The molecule has 1 aliphatic rings. The predicted octanol–water partition coefficient (Wildman–Crippen LogP) is 1.47. The van der Waals surface area contributed by atoms with Crippen LogP contribution in [0.1, 0.15) is 12.8 Å². The van der Waals surface area contributed by atoms with Gasteiger partial charge < -0.3 is 4.74 Å². The number of nitrogens with one attached hydrogen (secondary N) is 1. The Morgan fingerprint density at radius 3 is 2.46 bits per heavy atom. The van der Waals surface area contributed by atoms with Gasteiger partial charge in [0.2, 0.25) is 20.0 Å². The van der Waals surface area contributed by atoms with Crippen molar-refractivity contribution in [1.82, 2.24) is 14.0 Å². The first-order valence-electron chi connectivity index (χ1n) is 8.87. The van der Waals surface area contributed by atoms with E-state index in [0.29, 0.717) is 25.9 Å². The number of rotatable bonds is 7. The topological polar surface area (TPSA) is 106 Å². The lowest BCUT2D eigenvalue weighted by Gasteiger charge is -2.31. The van der Waals surface area contributed by atoms with Crippen LogP contribution in [0.15, 0.2) is 58.6 Å². The Bertz CT molecular complexity index is 1000. The van der Waals surface area contributed by atoms with Gasteiger partial charge in [-0.25, -0.2) is 21.6 Å². The Hall–Kier alpha value is -2.01. The summed E-state index contributed by atoms with van der Waals surface area (Å²) in [7, 11) is -5.84. The summed E-state index contributed by atoms with van der Waals surface area (Å²) >= 11 is 0. The standard InChI is InChI=1S/C18H23N3O5S2/c1-26-17-6-2-3-7-18(17)27(22,23)20-13-15-8-11-21(12-9-15)28(24,25)16-5-4-10-19-14-16/h2-7,10,14-15,20H,8-9,11-13H2,1H3. The van der Waals surface area contributed by atoms with E-state index in [1.165, 1.54) is 35.9 Å². The van der Waals surface area contributed by atoms with Gasteiger partial charge in [0.05, 0.1) is 7.11 Å². The Kier molecular flexibility index (Phi) is 6.33. The molecule has 0 bridgehead atoms. The molecule has 0 amide bonds.